The molecule has 1 aromatic carbocycles. The zero-order valence-corrected chi connectivity index (χ0v) is 8.75. The van der Waals surface area contributed by atoms with Crippen LogP contribution in [0.4, 0.5) is 0 Å². The first-order valence-corrected chi connectivity index (χ1v) is 4.84. The highest BCUT2D eigenvalue weighted by molar-refractivity contribution is 6.30. The quantitative estimate of drug-likeness (QED) is 0.716. The zero-order valence-electron chi connectivity index (χ0n) is 8.00. The van der Waals surface area contributed by atoms with E-state index < -0.39 is 0 Å². The lowest BCUT2D eigenvalue weighted by molar-refractivity contribution is -0.139. The largest absolute Gasteiger partial charge is 0.466 e. The fourth-order valence-corrected chi connectivity index (χ4v) is 1.15. The van der Waals surface area contributed by atoms with Crippen molar-refractivity contribution in [2.24, 2.45) is 0 Å². The summed E-state index contributed by atoms with van der Waals surface area (Å²) in [6.45, 7) is 2.20. The molecular formula is C11H12ClO2. The summed E-state index contributed by atoms with van der Waals surface area (Å²) in [6, 6.07) is 7.38. The van der Waals surface area contributed by atoms with Crippen LogP contribution in [0.5, 0.6) is 0 Å². The molecule has 0 saturated heterocycles. The van der Waals surface area contributed by atoms with Crippen molar-refractivity contribution in [3.05, 3.63) is 41.3 Å². The van der Waals surface area contributed by atoms with E-state index in [0.717, 1.165) is 5.56 Å². The number of halogens is 1. The first-order valence-electron chi connectivity index (χ1n) is 4.46. The number of carbonyl (C=O) groups is 1. The van der Waals surface area contributed by atoms with Gasteiger partial charge in [-0.05, 0) is 31.0 Å². The van der Waals surface area contributed by atoms with Gasteiger partial charge in [-0.2, -0.15) is 0 Å². The van der Waals surface area contributed by atoms with Crippen molar-refractivity contribution in [3.63, 3.8) is 0 Å². The summed E-state index contributed by atoms with van der Waals surface area (Å²) in [4.78, 5) is 11.0. The highest BCUT2D eigenvalue weighted by Gasteiger charge is 2.02. The van der Waals surface area contributed by atoms with E-state index in [9.17, 15) is 4.79 Å². The van der Waals surface area contributed by atoms with Crippen LogP contribution in [-0.4, -0.2) is 12.6 Å². The number of carbonyl (C=O) groups excluding carboxylic acids is 1. The second-order valence-corrected chi connectivity index (χ2v) is 3.22. The molecule has 1 rings (SSSR count). The maximum absolute atomic E-state index is 11.0. The average molecular weight is 212 g/mol. The Balaban J connectivity index is 2.38. The lowest BCUT2D eigenvalue weighted by Gasteiger charge is -2.01. The standard InChI is InChI=1S/C11H12ClO2/c1-2-14-11(13)8-5-9-3-6-10(12)7-4-9/h3-4,6-8H,2,5H2,1H3. The van der Waals surface area contributed by atoms with Gasteiger partial charge in [0.25, 0.3) is 0 Å². The highest BCUT2D eigenvalue weighted by atomic mass is 35.5. The molecule has 0 unspecified atom stereocenters. The van der Waals surface area contributed by atoms with Crippen LogP contribution in [0, 0.1) is 6.42 Å². The number of benzene rings is 1. The Morgan fingerprint density at radius 3 is 2.64 bits per heavy atom. The van der Waals surface area contributed by atoms with Crippen LogP contribution in [-0.2, 0) is 16.0 Å². The minimum absolute atomic E-state index is 0.276. The average Bonchev–Trinajstić information content (AvgIpc) is 2.17. The Morgan fingerprint density at radius 1 is 1.43 bits per heavy atom. The number of hydrogen-bond donors (Lipinski definition) is 0. The van der Waals surface area contributed by atoms with Gasteiger partial charge in [-0.1, -0.05) is 23.7 Å². The molecule has 75 valence electrons. The Morgan fingerprint density at radius 2 is 2.07 bits per heavy atom. The van der Waals surface area contributed by atoms with E-state index in [1.165, 1.54) is 6.42 Å². The van der Waals surface area contributed by atoms with Crippen molar-refractivity contribution in [2.45, 2.75) is 13.3 Å². The third-order valence-electron chi connectivity index (χ3n) is 1.70. The molecule has 0 aliphatic rings. The van der Waals surface area contributed by atoms with Gasteiger partial charge in [0.05, 0.1) is 13.0 Å². The van der Waals surface area contributed by atoms with E-state index in [4.69, 9.17) is 16.3 Å². The molecule has 14 heavy (non-hydrogen) atoms. The van der Waals surface area contributed by atoms with Crippen molar-refractivity contribution < 1.29 is 9.53 Å². The molecule has 0 heterocycles. The normalized spacial score (nSPS) is 9.86. The van der Waals surface area contributed by atoms with Gasteiger partial charge in [0.15, 0.2) is 0 Å². The van der Waals surface area contributed by atoms with Crippen LogP contribution < -0.4 is 0 Å². The second kappa shape index (κ2) is 5.66. The second-order valence-electron chi connectivity index (χ2n) is 2.79. The third kappa shape index (κ3) is 3.79. The summed E-state index contributed by atoms with van der Waals surface area (Å²) in [7, 11) is 0. The molecule has 0 N–H and O–H groups in total. The summed E-state index contributed by atoms with van der Waals surface area (Å²) in [5.74, 6) is -0.276. The van der Waals surface area contributed by atoms with Crippen LogP contribution in [0.25, 0.3) is 0 Å². The van der Waals surface area contributed by atoms with E-state index in [1.807, 2.05) is 12.1 Å². The van der Waals surface area contributed by atoms with E-state index in [0.29, 0.717) is 18.1 Å². The molecule has 3 heteroatoms. The summed E-state index contributed by atoms with van der Waals surface area (Å²) in [5.41, 5.74) is 1.04. The van der Waals surface area contributed by atoms with Gasteiger partial charge >= 0.3 is 5.97 Å². The lowest BCUT2D eigenvalue weighted by atomic mass is 10.1. The maximum atomic E-state index is 11.0. The Kier molecular flexibility index (Phi) is 4.47. The van der Waals surface area contributed by atoms with Crippen LogP contribution >= 0.6 is 11.6 Å². The third-order valence-corrected chi connectivity index (χ3v) is 1.96. The summed E-state index contributed by atoms with van der Waals surface area (Å²) < 4.78 is 4.77. The van der Waals surface area contributed by atoms with Gasteiger partial charge in [0.2, 0.25) is 0 Å². The van der Waals surface area contributed by atoms with Gasteiger partial charge in [-0.25, -0.2) is 0 Å². The van der Waals surface area contributed by atoms with Crippen molar-refractivity contribution in [3.8, 4) is 0 Å². The van der Waals surface area contributed by atoms with Crippen molar-refractivity contribution in [1.29, 1.82) is 0 Å². The minimum atomic E-state index is -0.276. The van der Waals surface area contributed by atoms with Gasteiger partial charge in [0, 0.05) is 5.02 Å². The molecule has 2 nitrogen and oxygen atoms in total. The zero-order chi connectivity index (χ0) is 10.4. The van der Waals surface area contributed by atoms with E-state index in [-0.39, 0.29) is 5.97 Å². The molecule has 0 aliphatic carbocycles. The summed E-state index contributed by atoms with van der Waals surface area (Å²) in [5, 5.41) is 0.699. The fourth-order valence-electron chi connectivity index (χ4n) is 1.02. The predicted octanol–water partition coefficient (Wildman–Crippen LogP) is 2.65. The number of esters is 1. The van der Waals surface area contributed by atoms with Gasteiger partial charge in [0.1, 0.15) is 0 Å². The monoisotopic (exact) mass is 211 g/mol. The molecule has 0 aromatic heterocycles. The smallest absolute Gasteiger partial charge is 0.310 e. The number of ether oxygens (including phenoxy) is 1. The fraction of sp³-hybridized carbons (Fsp3) is 0.273. The minimum Gasteiger partial charge on any atom is -0.466 e. The molecule has 1 aromatic rings. The van der Waals surface area contributed by atoms with Crippen molar-refractivity contribution >= 4 is 17.6 Å². The maximum Gasteiger partial charge on any atom is 0.310 e. The Labute approximate surface area is 88.8 Å². The van der Waals surface area contributed by atoms with Crippen LogP contribution in [0.3, 0.4) is 0 Å². The predicted molar refractivity (Wildman–Crippen MR) is 56.1 cm³/mol. The highest BCUT2D eigenvalue weighted by Crippen LogP contribution is 2.10. The van der Waals surface area contributed by atoms with Crippen molar-refractivity contribution in [1.82, 2.24) is 0 Å². The van der Waals surface area contributed by atoms with Crippen LogP contribution in [0.15, 0.2) is 24.3 Å². The molecule has 0 atom stereocenters. The molecule has 0 saturated carbocycles. The number of hydrogen-bond acceptors (Lipinski definition) is 2. The summed E-state index contributed by atoms with van der Waals surface area (Å²) in [6.07, 6.45) is 2.10. The summed E-state index contributed by atoms with van der Waals surface area (Å²) >= 11 is 5.72. The van der Waals surface area contributed by atoms with E-state index >= 15 is 0 Å². The number of rotatable bonds is 4. The molecule has 0 aliphatic heterocycles. The van der Waals surface area contributed by atoms with Gasteiger partial charge < -0.3 is 4.74 Å². The molecule has 0 fully saturated rings. The first kappa shape index (κ1) is 11.1. The lowest BCUT2D eigenvalue weighted by Crippen LogP contribution is -2.05. The molecule has 0 spiro atoms. The van der Waals surface area contributed by atoms with Gasteiger partial charge in [-0.3, -0.25) is 4.79 Å². The van der Waals surface area contributed by atoms with Crippen LogP contribution in [0.1, 0.15) is 12.5 Å². The van der Waals surface area contributed by atoms with Crippen LogP contribution in [0.2, 0.25) is 5.02 Å². The molecule has 0 amide bonds. The molecule has 1 radical (unpaired) electrons. The Hall–Kier alpha value is -1.02. The SMILES string of the molecule is CCOC(=O)[CH]Cc1ccc(Cl)cc1. The van der Waals surface area contributed by atoms with E-state index in [2.05, 4.69) is 0 Å². The topological polar surface area (TPSA) is 26.3 Å². The molecule has 0 bridgehead atoms. The first-order chi connectivity index (χ1) is 6.72. The van der Waals surface area contributed by atoms with Gasteiger partial charge in [-0.15, -0.1) is 0 Å². The van der Waals surface area contributed by atoms with E-state index in [1.54, 1.807) is 19.1 Å². The Bertz CT molecular complexity index is 293. The van der Waals surface area contributed by atoms with Crippen molar-refractivity contribution in [2.75, 3.05) is 6.61 Å². The molecular weight excluding hydrogens is 200 g/mol.